The Bertz CT molecular complexity index is 771. The zero-order chi connectivity index (χ0) is 15.0. The SMILES string of the molecule is O=C(C1=Cc2ccncc2CC1)c1cc(F)cc(Br)c1O. The number of phenolic OH excluding ortho intramolecular Hbond substituents is 1. The van der Waals surface area contributed by atoms with Gasteiger partial charge in [0, 0.05) is 18.0 Å². The van der Waals surface area contributed by atoms with Gasteiger partial charge in [-0.1, -0.05) is 0 Å². The Balaban J connectivity index is 2.03. The number of aromatic hydroxyl groups is 1. The highest BCUT2D eigenvalue weighted by Crippen LogP contribution is 2.33. The summed E-state index contributed by atoms with van der Waals surface area (Å²) in [5, 5.41) is 9.95. The first-order chi connectivity index (χ1) is 10.1. The number of fused-ring (bicyclic) bond motifs is 1. The van der Waals surface area contributed by atoms with E-state index in [0.717, 1.165) is 23.3 Å². The van der Waals surface area contributed by atoms with E-state index in [1.54, 1.807) is 18.5 Å². The molecular weight excluding hydrogens is 337 g/mol. The van der Waals surface area contributed by atoms with Crippen LogP contribution in [-0.2, 0) is 6.42 Å². The molecule has 1 aromatic carbocycles. The molecule has 1 aromatic heterocycles. The summed E-state index contributed by atoms with van der Waals surface area (Å²) in [6, 6.07) is 4.02. The highest BCUT2D eigenvalue weighted by atomic mass is 79.9. The van der Waals surface area contributed by atoms with Crippen molar-refractivity contribution in [2.45, 2.75) is 12.8 Å². The molecule has 5 heteroatoms. The summed E-state index contributed by atoms with van der Waals surface area (Å²) in [4.78, 5) is 16.6. The third kappa shape index (κ3) is 2.61. The van der Waals surface area contributed by atoms with Crippen molar-refractivity contribution in [2.75, 3.05) is 0 Å². The number of aromatic nitrogens is 1. The number of phenols is 1. The Labute approximate surface area is 129 Å². The van der Waals surface area contributed by atoms with E-state index in [-0.39, 0.29) is 21.6 Å². The minimum Gasteiger partial charge on any atom is -0.506 e. The van der Waals surface area contributed by atoms with Crippen LogP contribution in [0.25, 0.3) is 6.08 Å². The lowest BCUT2D eigenvalue weighted by atomic mass is 9.89. The number of hydrogen-bond donors (Lipinski definition) is 1. The second-order valence-electron chi connectivity index (χ2n) is 4.86. The molecule has 0 atom stereocenters. The number of hydrogen-bond acceptors (Lipinski definition) is 3. The Morgan fingerprint density at radius 2 is 2.14 bits per heavy atom. The van der Waals surface area contributed by atoms with Gasteiger partial charge in [0.15, 0.2) is 5.78 Å². The molecule has 1 aliphatic carbocycles. The summed E-state index contributed by atoms with van der Waals surface area (Å²) in [7, 11) is 0. The molecule has 0 saturated heterocycles. The summed E-state index contributed by atoms with van der Waals surface area (Å²) in [5.41, 5.74) is 2.56. The molecule has 3 nitrogen and oxygen atoms in total. The fourth-order valence-corrected chi connectivity index (χ4v) is 2.84. The van der Waals surface area contributed by atoms with Crippen molar-refractivity contribution in [3.05, 3.63) is 63.1 Å². The second-order valence-corrected chi connectivity index (χ2v) is 5.71. The smallest absolute Gasteiger partial charge is 0.192 e. The van der Waals surface area contributed by atoms with Crippen molar-refractivity contribution in [1.29, 1.82) is 0 Å². The molecule has 0 fully saturated rings. The maximum atomic E-state index is 13.5. The van der Waals surface area contributed by atoms with Crippen LogP contribution in [0.15, 0.2) is 40.6 Å². The van der Waals surface area contributed by atoms with Gasteiger partial charge in [0.2, 0.25) is 0 Å². The van der Waals surface area contributed by atoms with Crippen LogP contribution in [0.5, 0.6) is 5.75 Å². The molecule has 0 spiro atoms. The number of ketones is 1. The van der Waals surface area contributed by atoms with Crippen LogP contribution in [0.1, 0.15) is 27.9 Å². The first kappa shape index (κ1) is 13.9. The van der Waals surface area contributed by atoms with Crippen molar-refractivity contribution in [2.24, 2.45) is 0 Å². The quantitative estimate of drug-likeness (QED) is 0.838. The summed E-state index contributed by atoms with van der Waals surface area (Å²) < 4.78 is 13.6. The van der Waals surface area contributed by atoms with E-state index in [9.17, 15) is 14.3 Å². The molecule has 0 aliphatic heterocycles. The summed E-state index contributed by atoms with van der Waals surface area (Å²) in [6.07, 6.45) is 6.48. The van der Waals surface area contributed by atoms with Crippen molar-refractivity contribution < 1.29 is 14.3 Å². The maximum absolute atomic E-state index is 13.5. The molecule has 0 bridgehead atoms. The second kappa shape index (κ2) is 5.41. The molecular formula is C16H11BrFNO2. The zero-order valence-electron chi connectivity index (χ0n) is 10.9. The summed E-state index contributed by atoms with van der Waals surface area (Å²) in [6.45, 7) is 0. The van der Waals surface area contributed by atoms with Gasteiger partial charge >= 0.3 is 0 Å². The first-order valence-electron chi connectivity index (χ1n) is 6.42. The van der Waals surface area contributed by atoms with Crippen LogP contribution >= 0.6 is 15.9 Å². The van der Waals surface area contributed by atoms with E-state index >= 15 is 0 Å². The number of Topliss-reactive ketones (excluding diaryl/α,β-unsaturated/α-hetero) is 1. The fraction of sp³-hybridized carbons (Fsp3) is 0.125. The standard InChI is InChI=1S/C16H11BrFNO2/c17-14-7-12(18)6-13(16(14)21)15(20)10-1-2-11-8-19-4-3-9(11)5-10/h3-8,21H,1-2H2. The number of pyridine rings is 1. The predicted molar refractivity (Wildman–Crippen MR) is 80.6 cm³/mol. The monoisotopic (exact) mass is 347 g/mol. The number of halogens is 2. The third-order valence-corrected chi connectivity index (χ3v) is 4.10. The Kier molecular flexibility index (Phi) is 3.59. The van der Waals surface area contributed by atoms with E-state index in [1.165, 1.54) is 0 Å². The van der Waals surface area contributed by atoms with Crippen LogP contribution in [-0.4, -0.2) is 15.9 Å². The lowest BCUT2D eigenvalue weighted by molar-refractivity contribution is 0.102. The molecule has 21 heavy (non-hydrogen) atoms. The maximum Gasteiger partial charge on any atom is 0.192 e. The van der Waals surface area contributed by atoms with Gasteiger partial charge in [0.05, 0.1) is 10.0 Å². The van der Waals surface area contributed by atoms with Crippen molar-refractivity contribution >= 4 is 27.8 Å². The van der Waals surface area contributed by atoms with Crippen LogP contribution in [0.3, 0.4) is 0 Å². The highest BCUT2D eigenvalue weighted by molar-refractivity contribution is 9.10. The van der Waals surface area contributed by atoms with Crippen molar-refractivity contribution in [3.8, 4) is 5.75 Å². The Morgan fingerprint density at radius 1 is 1.33 bits per heavy atom. The van der Waals surface area contributed by atoms with Crippen molar-refractivity contribution in [3.63, 3.8) is 0 Å². The zero-order valence-corrected chi connectivity index (χ0v) is 12.5. The Hall–Kier alpha value is -2.01. The molecule has 1 aliphatic rings. The third-order valence-electron chi connectivity index (χ3n) is 3.50. The number of rotatable bonds is 2. The Morgan fingerprint density at radius 3 is 2.95 bits per heavy atom. The average Bonchev–Trinajstić information content (AvgIpc) is 2.49. The molecule has 0 saturated carbocycles. The lowest BCUT2D eigenvalue weighted by Crippen LogP contribution is -2.10. The number of benzene rings is 1. The number of carbonyl (C=O) groups excluding carboxylic acids is 1. The van der Waals surface area contributed by atoms with Gasteiger partial charge in [-0.3, -0.25) is 9.78 Å². The van der Waals surface area contributed by atoms with Gasteiger partial charge in [-0.2, -0.15) is 0 Å². The van der Waals surface area contributed by atoms with Crippen LogP contribution < -0.4 is 0 Å². The van der Waals surface area contributed by atoms with Gasteiger partial charge in [-0.15, -0.1) is 0 Å². The molecule has 3 rings (SSSR count). The van der Waals surface area contributed by atoms with Crippen LogP contribution in [0, 0.1) is 5.82 Å². The van der Waals surface area contributed by atoms with Gasteiger partial charge in [0.25, 0.3) is 0 Å². The largest absolute Gasteiger partial charge is 0.506 e. The van der Waals surface area contributed by atoms with Gasteiger partial charge < -0.3 is 5.11 Å². The molecule has 0 radical (unpaired) electrons. The van der Waals surface area contributed by atoms with Crippen LogP contribution in [0.2, 0.25) is 0 Å². The van der Waals surface area contributed by atoms with Crippen LogP contribution in [0.4, 0.5) is 4.39 Å². The normalized spacial score (nSPS) is 13.5. The topological polar surface area (TPSA) is 50.2 Å². The minimum absolute atomic E-state index is 0.0226. The molecule has 1 heterocycles. The first-order valence-corrected chi connectivity index (χ1v) is 7.21. The van der Waals surface area contributed by atoms with E-state index in [1.807, 2.05) is 6.07 Å². The lowest BCUT2D eigenvalue weighted by Gasteiger charge is -2.16. The van der Waals surface area contributed by atoms with E-state index in [2.05, 4.69) is 20.9 Å². The summed E-state index contributed by atoms with van der Waals surface area (Å²) in [5.74, 6) is -1.15. The number of nitrogens with zero attached hydrogens (tertiary/aromatic N) is 1. The molecule has 106 valence electrons. The highest BCUT2D eigenvalue weighted by Gasteiger charge is 2.22. The average molecular weight is 348 g/mol. The molecule has 1 N–H and O–H groups in total. The molecule has 0 amide bonds. The summed E-state index contributed by atoms with van der Waals surface area (Å²) >= 11 is 3.05. The minimum atomic E-state index is -0.566. The number of aryl methyl sites for hydroxylation is 1. The van der Waals surface area contributed by atoms with Crippen molar-refractivity contribution in [1.82, 2.24) is 4.98 Å². The molecule has 2 aromatic rings. The van der Waals surface area contributed by atoms with E-state index < -0.39 is 5.82 Å². The number of allylic oxidation sites excluding steroid dienone is 1. The number of carbonyl (C=O) groups is 1. The van der Waals surface area contributed by atoms with Gasteiger partial charge in [0.1, 0.15) is 11.6 Å². The van der Waals surface area contributed by atoms with Gasteiger partial charge in [-0.05, 0) is 64.2 Å². The predicted octanol–water partition coefficient (Wildman–Crippen LogP) is 3.90. The fourth-order valence-electron chi connectivity index (χ4n) is 2.41. The molecule has 0 unspecified atom stereocenters. The van der Waals surface area contributed by atoms with E-state index in [4.69, 9.17) is 0 Å². The van der Waals surface area contributed by atoms with E-state index in [0.29, 0.717) is 18.4 Å². The van der Waals surface area contributed by atoms with Gasteiger partial charge in [-0.25, -0.2) is 4.39 Å².